The third kappa shape index (κ3) is 4.78. The van der Waals surface area contributed by atoms with Gasteiger partial charge >= 0.3 is 12.1 Å². The molecular weight excluding hydrogens is 567 g/mol. The highest BCUT2D eigenvalue weighted by atomic mass is 19.4. The second-order valence-corrected chi connectivity index (χ2v) is 13.5. The highest BCUT2D eigenvalue weighted by Gasteiger charge is 2.78. The number of hydrogen-bond acceptors (Lipinski definition) is 4. The predicted molar refractivity (Wildman–Crippen MR) is 150 cm³/mol. The molecule has 1 amide bonds. The van der Waals surface area contributed by atoms with Crippen molar-refractivity contribution in [1.29, 1.82) is 0 Å². The molecule has 1 aromatic carbocycles. The van der Waals surface area contributed by atoms with E-state index in [1.54, 1.807) is 13.0 Å². The summed E-state index contributed by atoms with van der Waals surface area (Å²) in [6.45, 7) is 6.77. The van der Waals surface area contributed by atoms with E-state index in [0.717, 1.165) is 47.5 Å². The zero-order valence-corrected chi connectivity index (χ0v) is 24.7. The van der Waals surface area contributed by atoms with Crippen molar-refractivity contribution in [2.75, 3.05) is 26.2 Å². The molecule has 1 aromatic rings. The zero-order chi connectivity index (χ0) is 30.9. The fourth-order valence-electron chi connectivity index (χ4n) is 9.02. The van der Waals surface area contributed by atoms with E-state index in [9.17, 15) is 36.6 Å². The van der Waals surface area contributed by atoms with Crippen molar-refractivity contribution in [2.24, 2.45) is 17.3 Å². The number of amides is 1. The summed E-state index contributed by atoms with van der Waals surface area (Å²) in [5.41, 5.74) is 0.491. The van der Waals surface area contributed by atoms with Crippen LogP contribution in [-0.4, -0.2) is 70.5 Å². The number of aliphatic hydroxyl groups is 1. The Labute approximate surface area is 248 Å². The molecule has 43 heavy (non-hydrogen) atoms. The van der Waals surface area contributed by atoms with Crippen LogP contribution in [-0.2, 0) is 16.1 Å². The molecule has 4 aliphatic carbocycles. The van der Waals surface area contributed by atoms with E-state index in [-0.39, 0.29) is 36.4 Å². The number of piperazine rings is 1. The summed E-state index contributed by atoms with van der Waals surface area (Å²) in [6.07, 6.45) is -2.81. The summed E-state index contributed by atoms with van der Waals surface area (Å²) in [4.78, 5) is 28.6. The van der Waals surface area contributed by atoms with E-state index >= 15 is 0 Å². The van der Waals surface area contributed by atoms with Gasteiger partial charge < -0.3 is 10.0 Å². The van der Waals surface area contributed by atoms with E-state index in [2.05, 4.69) is 17.0 Å². The number of fused-ring (bicyclic) bond motifs is 4. The largest absolute Gasteiger partial charge is 0.456 e. The van der Waals surface area contributed by atoms with Crippen molar-refractivity contribution < 1.29 is 36.6 Å². The van der Waals surface area contributed by atoms with Crippen LogP contribution in [0, 0.1) is 17.3 Å². The average molecular weight is 607 g/mol. The second kappa shape index (κ2) is 10.5. The van der Waals surface area contributed by atoms with Crippen molar-refractivity contribution in [3.05, 3.63) is 58.2 Å². The molecular formula is C33H39F5N2O3. The van der Waals surface area contributed by atoms with Gasteiger partial charge in [-0.2, -0.15) is 22.0 Å². The number of nitrogens with zero attached hydrogens (tertiary/aromatic N) is 2. The molecule has 1 saturated heterocycles. The van der Waals surface area contributed by atoms with Gasteiger partial charge in [0.25, 0.3) is 0 Å². The number of rotatable bonds is 4. The van der Waals surface area contributed by atoms with Gasteiger partial charge in [0.1, 0.15) is 5.60 Å². The number of halogens is 5. The monoisotopic (exact) mass is 606 g/mol. The molecule has 0 radical (unpaired) electrons. The lowest BCUT2D eigenvalue weighted by molar-refractivity contribution is -0.362. The fraction of sp³-hybridized carbons (Fsp3) is 0.636. The zero-order valence-electron chi connectivity index (χ0n) is 24.7. The molecule has 5 aliphatic rings. The van der Waals surface area contributed by atoms with Crippen molar-refractivity contribution >= 4 is 11.7 Å². The number of carbonyl (C=O) groups excluding carboxylic acids is 2. The quantitative estimate of drug-likeness (QED) is 0.416. The normalized spacial score (nSPS) is 33.6. The third-order valence-electron chi connectivity index (χ3n) is 11.4. The maximum absolute atomic E-state index is 14.8. The Morgan fingerprint density at radius 3 is 2.30 bits per heavy atom. The predicted octanol–water partition coefficient (Wildman–Crippen LogP) is 6.18. The number of allylic oxidation sites excluding steroid dienone is 4. The van der Waals surface area contributed by atoms with E-state index in [0.29, 0.717) is 38.8 Å². The summed E-state index contributed by atoms with van der Waals surface area (Å²) in [5.74, 6) is -5.96. The highest BCUT2D eigenvalue weighted by molar-refractivity contribution is 5.94. The van der Waals surface area contributed by atoms with E-state index < -0.39 is 35.5 Å². The minimum Gasteiger partial charge on any atom is -0.383 e. The minimum absolute atomic E-state index is 0.0379. The van der Waals surface area contributed by atoms with E-state index in [4.69, 9.17) is 0 Å². The van der Waals surface area contributed by atoms with Crippen molar-refractivity contribution in [1.82, 2.24) is 9.80 Å². The van der Waals surface area contributed by atoms with Gasteiger partial charge in [0, 0.05) is 57.4 Å². The van der Waals surface area contributed by atoms with Crippen LogP contribution in [0.5, 0.6) is 0 Å². The first-order chi connectivity index (χ1) is 20.2. The summed E-state index contributed by atoms with van der Waals surface area (Å²) in [7, 11) is 0. The van der Waals surface area contributed by atoms with Crippen LogP contribution in [0.2, 0.25) is 0 Å². The van der Waals surface area contributed by atoms with Gasteiger partial charge in [0.2, 0.25) is 5.91 Å². The summed E-state index contributed by atoms with van der Waals surface area (Å²) in [6, 6.07) is 8.22. The Morgan fingerprint density at radius 1 is 1.00 bits per heavy atom. The molecule has 5 nitrogen and oxygen atoms in total. The van der Waals surface area contributed by atoms with E-state index in [1.807, 2.05) is 17.0 Å². The molecule has 3 fully saturated rings. The smallest absolute Gasteiger partial charge is 0.383 e. The molecule has 1 N–H and O–H groups in total. The van der Waals surface area contributed by atoms with Gasteiger partial charge in [-0.15, -0.1) is 0 Å². The van der Waals surface area contributed by atoms with Crippen LogP contribution in [0.4, 0.5) is 22.0 Å². The number of hydrogen-bond donors (Lipinski definition) is 1. The summed E-state index contributed by atoms with van der Waals surface area (Å²) < 4.78 is 70.2. The first-order valence-electron chi connectivity index (χ1n) is 15.4. The second-order valence-electron chi connectivity index (χ2n) is 13.5. The Bertz CT molecular complexity index is 1360. The van der Waals surface area contributed by atoms with E-state index in [1.165, 1.54) is 6.92 Å². The molecule has 234 valence electrons. The van der Waals surface area contributed by atoms with Crippen LogP contribution in [0.25, 0.3) is 0 Å². The van der Waals surface area contributed by atoms with Gasteiger partial charge in [-0.25, -0.2) is 0 Å². The standard InChI is InChI=1S/C33H39F5N2O3/c1-20(41)40-15-13-39(14-16-40)19-21-3-5-22(6-4-21)27-18-24(42)17-23-7-8-25-26(29(23)27)9-11-30(2)28(25)10-12-31(30,43)32(34,35)33(36,37)38/h3-6,17,25,27-28,43H,7-16,18-19H2,1-2H3/t25-,27?,28+,30+,31?/m1/s1. The molecule has 0 bridgehead atoms. The Morgan fingerprint density at radius 2 is 1.67 bits per heavy atom. The van der Waals surface area contributed by atoms with Gasteiger partial charge in [-0.3, -0.25) is 14.5 Å². The Kier molecular flexibility index (Phi) is 7.43. The number of benzene rings is 1. The lowest BCUT2D eigenvalue weighted by atomic mass is 9.53. The topological polar surface area (TPSA) is 60.9 Å². The summed E-state index contributed by atoms with van der Waals surface area (Å²) >= 11 is 0. The number of carbonyl (C=O) groups is 2. The Hall–Kier alpha value is -2.59. The van der Waals surface area contributed by atoms with Crippen LogP contribution in [0.3, 0.4) is 0 Å². The van der Waals surface area contributed by atoms with Crippen LogP contribution in [0.1, 0.15) is 75.8 Å². The highest BCUT2D eigenvalue weighted by Crippen LogP contribution is 2.68. The molecule has 1 aliphatic heterocycles. The third-order valence-corrected chi connectivity index (χ3v) is 11.4. The van der Waals surface area contributed by atoms with Crippen LogP contribution in [0.15, 0.2) is 47.1 Å². The molecule has 10 heteroatoms. The van der Waals surface area contributed by atoms with Crippen LogP contribution < -0.4 is 0 Å². The molecule has 0 aromatic heterocycles. The minimum atomic E-state index is -5.83. The maximum Gasteiger partial charge on any atom is 0.456 e. The molecule has 0 spiro atoms. The number of alkyl halides is 5. The van der Waals surface area contributed by atoms with Gasteiger partial charge in [0.05, 0.1) is 0 Å². The van der Waals surface area contributed by atoms with Crippen molar-refractivity contribution in [3.63, 3.8) is 0 Å². The lowest BCUT2D eigenvalue weighted by Crippen LogP contribution is -2.64. The van der Waals surface area contributed by atoms with Gasteiger partial charge in [-0.05, 0) is 78.7 Å². The van der Waals surface area contributed by atoms with Crippen molar-refractivity contribution in [2.45, 2.75) is 89.0 Å². The van der Waals surface area contributed by atoms with Gasteiger partial charge in [-0.1, -0.05) is 36.8 Å². The van der Waals surface area contributed by atoms with Gasteiger partial charge in [0.15, 0.2) is 5.78 Å². The molecule has 6 rings (SSSR count). The molecule has 2 unspecified atom stereocenters. The molecule has 1 heterocycles. The summed E-state index contributed by atoms with van der Waals surface area (Å²) in [5, 5.41) is 11.1. The number of ketones is 1. The molecule has 5 atom stereocenters. The van der Waals surface area contributed by atoms with Crippen LogP contribution >= 0.6 is 0 Å². The SMILES string of the molecule is CC(=O)N1CCN(Cc2ccc(C3CC(=O)C=C4CC[C@@H]5C(=C43)CC[C@@]3(C)[C@H]5CCC3(O)C(F)(F)C(F)(F)F)cc2)CC1. The maximum atomic E-state index is 14.8. The van der Waals surface area contributed by atoms with Crippen molar-refractivity contribution in [3.8, 4) is 0 Å². The fourth-order valence-corrected chi connectivity index (χ4v) is 9.02. The first-order valence-corrected chi connectivity index (χ1v) is 15.4. The molecule has 2 saturated carbocycles. The Balaban J connectivity index is 1.26. The first kappa shape index (κ1) is 30.4. The lowest BCUT2D eigenvalue weighted by Gasteiger charge is -2.53. The average Bonchev–Trinajstić information content (AvgIpc) is 3.24.